The molecule has 2 aliphatic rings. The van der Waals surface area contributed by atoms with Crippen LogP contribution in [0, 0.1) is 11.3 Å². The van der Waals surface area contributed by atoms with Crippen molar-refractivity contribution in [2.24, 2.45) is 11.3 Å². The van der Waals surface area contributed by atoms with Crippen molar-refractivity contribution in [3.8, 4) is 0 Å². The van der Waals surface area contributed by atoms with E-state index >= 15 is 0 Å². The Bertz CT molecular complexity index is 297. The number of hydrogen-bond acceptors (Lipinski definition) is 2. The molecular formula is C16H29NO2. The molecule has 1 saturated heterocycles. The molecule has 0 radical (unpaired) electrons. The first-order valence-corrected chi connectivity index (χ1v) is 8.12. The highest BCUT2D eigenvalue weighted by molar-refractivity contribution is 5.75. The highest BCUT2D eigenvalue weighted by Crippen LogP contribution is 2.36. The van der Waals surface area contributed by atoms with Gasteiger partial charge in [0, 0.05) is 13.1 Å². The molecule has 1 unspecified atom stereocenters. The summed E-state index contributed by atoms with van der Waals surface area (Å²) in [6.07, 6.45) is 10.9. The fourth-order valence-electron chi connectivity index (χ4n) is 3.99. The van der Waals surface area contributed by atoms with E-state index in [9.17, 15) is 9.90 Å². The van der Waals surface area contributed by atoms with E-state index in [1.54, 1.807) is 0 Å². The average molecular weight is 267 g/mol. The monoisotopic (exact) mass is 267 g/mol. The van der Waals surface area contributed by atoms with Gasteiger partial charge in [-0.2, -0.15) is 0 Å². The summed E-state index contributed by atoms with van der Waals surface area (Å²) in [5.41, 5.74) is -0.445. The molecule has 3 nitrogen and oxygen atoms in total. The molecular weight excluding hydrogens is 238 g/mol. The average Bonchev–Trinajstić information content (AvgIpc) is 2.61. The maximum atomic E-state index is 11.6. The minimum Gasteiger partial charge on any atom is -0.481 e. The lowest BCUT2D eigenvalue weighted by Crippen LogP contribution is -2.36. The number of nitrogens with zero attached hydrogens (tertiary/aromatic N) is 1. The third-order valence-corrected chi connectivity index (χ3v) is 5.11. The SMILES string of the molecule is CCCC1(C(=O)O)CCN(CC2CCCCCC2)C1. The topological polar surface area (TPSA) is 40.5 Å². The Morgan fingerprint density at radius 2 is 1.95 bits per heavy atom. The van der Waals surface area contributed by atoms with Gasteiger partial charge in [0.1, 0.15) is 0 Å². The normalized spacial score (nSPS) is 30.4. The molecule has 1 aliphatic heterocycles. The van der Waals surface area contributed by atoms with E-state index in [4.69, 9.17) is 0 Å². The highest BCUT2D eigenvalue weighted by Gasteiger charge is 2.44. The van der Waals surface area contributed by atoms with E-state index in [-0.39, 0.29) is 0 Å². The molecule has 0 bridgehead atoms. The Morgan fingerprint density at radius 1 is 1.26 bits per heavy atom. The molecule has 1 aliphatic carbocycles. The van der Waals surface area contributed by atoms with E-state index in [0.29, 0.717) is 0 Å². The van der Waals surface area contributed by atoms with Crippen LogP contribution < -0.4 is 0 Å². The van der Waals surface area contributed by atoms with E-state index in [2.05, 4.69) is 11.8 Å². The van der Waals surface area contributed by atoms with Crippen molar-refractivity contribution < 1.29 is 9.90 Å². The predicted octanol–water partition coefficient (Wildman–Crippen LogP) is 3.53. The van der Waals surface area contributed by atoms with Crippen molar-refractivity contribution in [2.75, 3.05) is 19.6 Å². The summed E-state index contributed by atoms with van der Waals surface area (Å²) in [4.78, 5) is 14.0. The van der Waals surface area contributed by atoms with Gasteiger partial charge in [-0.25, -0.2) is 0 Å². The first kappa shape index (κ1) is 14.8. The number of hydrogen-bond donors (Lipinski definition) is 1. The van der Waals surface area contributed by atoms with Gasteiger partial charge in [-0.15, -0.1) is 0 Å². The van der Waals surface area contributed by atoms with Crippen LogP contribution in [0.2, 0.25) is 0 Å². The Hall–Kier alpha value is -0.570. The minimum absolute atomic E-state index is 0.445. The highest BCUT2D eigenvalue weighted by atomic mass is 16.4. The van der Waals surface area contributed by atoms with Crippen LogP contribution in [0.1, 0.15) is 64.7 Å². The fourth-order valence-corrected chi connectivity index (χ4v) is 3.99. The molecule has 1 N–H and O–H groups in total. The summed E-state index contributed by atoms with van der Waals surface area (Å²) in [5.74, 6) is 0.242. The van der Waals surface area contributed by atoms with Crippen molar-refractivity contribution in [2.45, 2.75) is 64.7 Å². The van der Waals surface area contributed by atoms with Crippen LogP contribution >= 0.6 is 0 Å². The zero-order chi connectivity index (χ0) is 13.7. The van der Waals surface area contributed by atoms with E-state index in [1.807, 2.05) is 0 Å². The maximum absolute atomic E-state index is 11.6. The van der Waals surface area contributed by atoms with Gasteiger partial charge in [0.05, 0.1) is 5.41 Å². The smallest absolute Gasteiger partial charge is 0.310 e. The summed E-state index contributed by atoms with van der Waals surface area (Å²) < 4.78 is 0. The molecule has 110 valence electrons. The van der Waals surface area contributed by atoms with Crippen LogP contribution in [-0.2, 0) is 4.79 Å². The van der Waals surface area contributed by atoms with Crippen LogP contribution in [0.25, 0.3) is 0 Å². The van der Waals surface area contributed by atoms with Gasteiger partial charge in [0.15, 0.2) is 0 Å². The molecule has 3 heteroatoms. The van der Waals surface area contributed by atoms with E-state index in [1.165, 1.54) is 38.5 Å². The molecule has 2 rings (SSSR count). The summed E-state index contributed by atoms with van der Waals surface area (Å²) in [6.45, 7) is 5.01. The second kappa shape index (κ2) is 6.74. The Morgan fingerprint density at radius 3 is 2.53 bits per heavy atom. The Balaban J connectivity index is 1.87. The molecule has 1 saturated carbocycles. The zero-order valence-electron chi connectivity index (χ0n) is 12.4. The van der Waals surface area contributed by atoms with Gasteiger partial charge in [-0.1, -0.05) is 39.0 Å². The van der Waals surface area contributed by atoms with Crippen molar-refractivity contribution in [3.63, 3.8) is 0 Å². The fraction of sp³-hybridized carbons (Fsp3) is 0.938. The molecule has 1 heterocycles. The van der Waals surface area contributed by atoms with Crippen molar-refractivity contribution in [1.82, 2.24) is 4.90 Å². The predicted molar refractivity (Wildman–Crippen MR) is 77.2 cm³/mol. The van der Waals surface area contributed by atoms with Gasteiger partial charge in [0.2, 0.25) is 0 Å². The van der Waals surface area contributed by atoms with Crippen LogP contribution in [0.3, 0.4) is 0 Å². The number of carboxylic acids is 1. The molecule has 19 heavy (non-hydrogen) atoms. The summed E-state index contributed by atoms with van der Waals surface area (Å²) >= 11 is 0. The summed E-state index contributed by atoms with van der Waals surface area (Å²) in [6, 6.07) is 0. The van der Waals surface area contributed by atoms with Crippen LogP contribution in [0.15, 0.2) is 0 Å². The molecule has 0 spiro atoms. The molecule has 0 aromatic heterocycles. The lowest BCUT2D eigenvalue weighted by Gasteiger charge is -2.26. The zero-order valence-corrected chi connectivity index (χ0v) is 12.4. The molecule has 1 atom stereocenters. The first-order chi connectivity index (χ1) is 9.16. The summed E-state index contributed by atoms with van der Waals surface area (Å²) in [7, 11) is 0. The quantitative estimate of drug-likeness (QED) is 0.775. The lowest BCUT2D eigenvalue weighted by molar-refractivity contribution is -0.148. The van der Waals surface area contributed by atoms with E-state index in [0.717, 1.165) is 44.8 Å². The second-order valence-electron chi connectivity index (χ2n) is 6.68. The Labute approximate surface area is 117 Å². The van der Waals surface area contributed by atoms with Gasteiger partial charge in [0.25, 0.3) is 0 Å². The van der Waals surface area contributed by atoms with Crippen LogP contribution in [0.5, 0.6) is 0 Å². The van der Waals surface area contributed by atoms with E-state index < -0.39 is 11.4 Å². The largest absolute Gasteiger partial charge is 0.481 e. The van der Waals surface area contributed by atoms with Gasteiger partial charge >= 0.3 is 5.97 Å². The second-order valence-corrected chi connectivity index (χ2v) is 6.68. The van der Waals surface area contributed by atoms with Crippen LogP contribution in [-0.4, -0.2) is 35.6 Å². The number of carboxylic acid groups (broad SMARTS) is 1. The number of carbonyl (C=O) groups is 1. The van der Waals surface area contributed by atoms with Crippen LogP contribution in [0.4, 0.5) is 0 Å². The molecule has 0 amide bonds. The standard InChI is InChI=1S/C16H29NO2/c1-2-9-16(15(18)19)10-11-17(13-16)12-14-7-5-3-4-6-8-14/h14H,2-13H2,1H3,(H,18,19). The molecule has 0 aromatic carbocycles. The third kappa shape index (κ3) is 3.71. The molecule has 2 fully saturated rings. The third-order valence-electron chi connectivity index (χ3n) is 5.11. The van der Waals surface area contributed by atoms with Crippen molar-refractivity contribution in [1.29, 1.82) is 0 Å². The number of rotatable bonds is 5. The number of aliphatic carboxylic acids is 1. The minimum atomic E-state index is -0.572. The lowest BCUT2D eigenvalue weighted by atomic mass is 9.83. The molecule has 0 aromatic rings. The van der Waals surface area contributed by atoms with Gasteiger partial charge in [-0.05, 0) is 38.1 Å². The maximum Gasteiger partial charge on any atom is 0.310 e. The van der Waals surface area contributed by atoms with Crippen molar-refractivity contribution >= 4 is 5.97 Å². The first-order valence-electron chi connectivity index (χ1n) is 8.12. The van der Waals surface area contributed by atoms with Gasteiger partial charge in [-0.3, -0.25) is 4.79 Å². The summed E-state index contributed by atoms with van der Waals surface area (Å²) in [5, 5.41) is 9.54. The number of likely N-dealkylation sites (tertiary alicyclic amines) is 1. The van der Waals surface area contributed by atoms with Crippen molar-refractivity contribution in [3.05, 3.63) is 0 Å². The van der Waals surface area contributed by atoms with Gasteiger partial charge < -0.3 is 10.0 Å². The Kier molecular flexibility index (Phi) is 5.26.